The first-order valence-electron chi connectivity index (χ1n) is 6.91. The minimum absolute atomic E-state index is 0.214. The second-order valence-corrected chi connectivity index (χ2v) is 5.45. The van der Waals surface area contributed by atoms with Crippen molar-refractivity contribution in [3.8, 4) is 0 Å². The summed E-state index contributed by atoms with van der Waals surface area (Å²) in [7, 11) is 0. The van der Waals surface area contributed by atoms with Gasteiger partial charge in [0.05, 0.1) is 6.42 Å². The van der Waals surface area contributed by atoms with Gasteiger partial charge in [0, 0.05) is 11.4 Å². The molecule has 4 nitrogen and oxygen atoms in total. The summed E-state index contributed by atoms with van der Waals surface area (Å²) in [6.45, 7) is 0. The van der Waals surface area contributed by atoms with E-state index >= 15 is 0 Å². The van der Waals surface area contributed by atoms with Gasteiger partial charge in [-0.15, -0.1) is 0 Å². The summed E-state index contributed by atoms with van der Waals surface area (Å²) >= 11 is 5.82. The summed E-state index contributed by atoms with van der Waals surface area (Å²) in [6, 6.07) is 15.7. The number of amides is 2. The molecule has 114 valence electrons. The van der Waals surface area contributed by atoms with E-state index in [1.54, 1.807) is 12.1 Å². The Morgan fingerprint density at radius 2 is 1.64 bits per heavy atom. The van der Waals surface area contributed by atoms with Crippen molar-refractivity contribution in [2.24, 2.45) is 5.73 Å². The molecule has 0 aliphatic carbocycles. The lowest BCUT2D eigenvalue weighted by Gasteiger charge is -2.15. The van der Waals surface area contributed by atoms with Gasteiger partial charge in [-0.2, -0.15) is 0 Å². The maximum absolute atomic E-state index is 12.0. The first kappa shape index (κ1) is 16.0. The Balaban J connectivity index is 1.98. The number of hydrogen-bond donors (Lipinski definition) is 2. The molecule has 0 spiro atoms. The molecule has 0 aliphatic heterocycles. The molecular formula is C17H17ClN2O2. The van der Waals surface area contributed by atoms with Crippen molar-refractivity contribution in [1.82, 2.24) is 5.32 Å². The molecular weight excluding hydrogens is 300 g/mol. The molecule has 0 bridgehead atoms. The van der Waals surface area contributed by atoms with Crippen LogP contribution >= 0.6 is 11.6 Å². The maximum atomic E-state index is 12.0. The normalized spacial score (nSPS) is 11.7. The van der Waals surface area contributed by atoms with E-state index in [-0.39, 0.29) is 12.3 Å². The van der Waals surface area contributed by atoms with Gasteiger partial charge in [-0.3, -0.25) is 9.59 Å². The van der Waals surface area contributed by atoms with Gasteiger partial charge in [-0.1, -0.05) is 54.1 Å². The number of nitrogens with one attached hydrogen (secondary N) is 1. The Labute approximate surface area is 134 Å². The highest BCUT2D eigenvalue weighted by atomic mass is 35.5. The van der Waals surface area contributed by atoms with Crippen LogP contribution < -0.4 is 11.1 Å². The number of hydrogen-bond acceptors (Lipinski definition) is 2. The number of primary amides is 1. The summed E-state index contributed by atoms with van der Waals surface area (Å²) in [5, 5.41) is 3.30. The number of carbonyl (C=O) groups is 2. The van der Waals surface area contributed by atoms with Gasteiger partial charge in [0.2, 0.25) is 11.8 Å². The highest BCUT2D eigenvalue weighted by Gasteiger charge is 2.18. The van der Waals surface area contributed by atoms with Gasteiger partial charge in [0.15, 0.2) is 0 Å². The van der Waals surface area contributed by atoms with E-state index in [1.165, 1.54) is 0 Å². The molecule has 1 atom stereocenters. The Morgan fingerprint density at radius 3 is 2.23 bits per heavy atom. The number of rotatable bonds is 6. The van der Waals surface area contributed by atoms with E-state index in [9.17, 15) is 9.59 Å². The van der Waals surface area contributed by atoms with Crippen molar-refractivity contribution in [3.05, 3.63) is 70.7 Å². The maximum Gasteiger partial charge on any atom is 0.240 e. The molecule has 2 amide bonds. The van der Waals surface area contributed by atoms with Crippen LogP contribution in [-0.2, 0) is 22.4 Å². The van der Waals surface area contributed by atoms with E-state index in [0.29, 0.717) is 11.4 Å². The second-order valence-electron chi connectivity index (χ2n) is 5.02. The molecule has 0 heterocycles. The molecule has 22 heavy (non-hydrogen) atoms. The van der Waals surface area contributed by atoms with Crippen molar-refractivity contribution in [1.29, 1.82) is 0 Å². The molecule has 0 saturated carbocycles. The predicted octanol–water partition coefficient (Wildman–Crippen LogP) is 2.10. The summed E-state index contributed by atoms with van der Waals surface area (Å²) in [6.07, 6.45) is 0.554. The first-order chi connectivity index (χ1) is 10.5. The average molecular weight is 317 g/mol. The quantitative estimate of drug-likeness (QED) is 0.856. The van der Waals surface area contributed by atoms with Gasteiger partial charge in [0.25, 0.3) is 0 Å². The lowest BCUT2D eigenvalue weighted by Crippen LogP contribution is -2.46. The summed E-state index contributed by atoms with van der Waals surface area (Å²) in [5.41, 5.74) is 7.14. The molecule has 2 aromatic rings. The molecule has 0 unspecified atom stereocenters. The molecule has 2 rings (SSSR count). The Hall–Kier alpha value is -2.33. The van der Waals surface area contributed by atoms with Crippen LogP contribution in [0.4, 0.5) is 0 Å². The summed E-state index contributed by atoms with van der Waals surface area (Å²) in [4.78, 5) is 23.6. The fraction of sp³-hybridized carbons (Fsp3) is 0.176. The highest BCUT2D eigenvalue weighted by Crippen LogP contribution is 2.11. The zero-order valence-corrected chi connectivity index (χ0v) is 12.7. The lowest BCUT2D eigenvalue weighted by atomic mass is 10.0. The van der Waals surface area contributed by atoms with Gasteiger partial charge < -0.3 is 11.1 Å². The Morgan fingerprint density at radius 1 is 1.00 bits per heavy atom. The third-order valence-electron chi connectivity index (χ3n) is 3.24. The van der Waals surface area contributed by atoms with E-state index in [1.807, 2.05) is 42.5 Å². The largest absolute Gasteiger partial charge is 0.368 e. The zero-order valence-electron chi connectivity index (χ0n) is 12.0. The second kappa shape index (κ2) is 7.61. The Kier molecular flexibility index (Phi) is 5.55. The van der Waals surface area contributed by atoms with Crippen molar-refractivity contribution < 1.29 is 9.59 Å². The summed E-state index contributed by atoms with van der Waals surface area (Å²) in [5.74, 6) is -0.791. The van der Waals surface area contributed by atoms with Gasteiger partial charge in [-0.05, 0) is 23.3 Å². The van der Waals surface area contributed by atoms with Crippen LogP contribution in [0.5, 0.6) is 0 Å². The van der Waals surface area contributed by atoms with Crippen LogP contribution in [0.1, 0.15) is 11.1 Å². The molecule has 0 saturated heterocycles. The van der Waals surface area contributed by atoms with Crippen molar-refractivity contribution in [3.63, 3.8) is 0 Å². The summed E-state index contributed by atoms with van der Waals surface area (Å²) < 4.78 is 0. The number of halogens is 1. The third kappa shape index (κ3) is 4.90. The average Bonchev–Trinajstić information content (AvgIpc) is 2.49. The first-order valence-corrected chi connectivity index (χ1v) is 7.29. The van der Waals surface area contributed by atoms with E-state index < -0.39 is 11.9 Å². The zero-order chi connectivity index (χ0) is 15.9. The van der Waals surface area contributed by atoms with Crippen LogP contribution in [0.15, 0.2) is 54.6 Å². The van der Waals surface area contributed by atoms with Gasteiger partial charge >= 0.3 is 0 Å². The van der Waals surface area contributed by atoms with Crippen LogP contribution in [0.2, 0.25) is 5.02 Å². The van der Waals surface area contributed by atoms with E-state index in [4.69, 9.17) is 17.3 Å². The highest BCUT2D eigenvalue weighted by molar-refractivity contribution is 6.30. The number of carbonyl (C=O) groups excluding carboxylic acids is 2. The fourth-order valence-electron chi connectivity index (χ4n) is 2.11. The van der Waals surface area contributed by atoms with Gasteiger partial charge in [0.1, 0.15) is 6.04 Å². The minimum atomic E-state index is -0.739. The van der Waals surface area contributed by atoms with Crippen LogP contribution in [-0.4, -0.2) is 17.9 Å². The molecule has 3 N–H and O–H groups in total. The third-order valence-corrected chi connectivity index (χ3v) is 3.49. The van der Waals surface area contributed by atoms with E-state index in [2.05, 4.69) is 5.32 Å². The topological polar surface area (TPSA) is 72.2 Å². The molecule has 5 heteroatoms. The molecule has 0 aliphatic rings. The monoisotopic (exact) mass is 316 g/mol. The van der Waals surface area contributed by atoms with E-state index in [0.717, 1.165) is 11.1 Å². The van der Waals surface area contributed by atoms with Crippen LogP contribution in [0.25, 0.3) is 0 Å². The number of nitrogens with two attached hydrogens (primary N) is 1. The van der Waals surface area contributed by atoms with Crippen molar-refractivity contribution >= 4 is 23.4 Å². The standard InChI is InChI=1S/C17H17ClN2O2/c18-14-8-6-13(7-9-14)10-15(17(19)22)20-16(21)11-12-4-2-1-3-5-12/h1-9,15H,10-11H2,(H2,19,22)(H,20,21)/t15-/m1/s1. The fourth-order valence-corrected chi connectivity index (χ4v) is 2.23. The van der Waals surface area contributed by atoms with Gasteiger partial charge in [-0.25, -0.2) is 0 Å². The SMILES string of the molecule is NC(=O)[C@@H](Cc1ccc(Cl)cc1)NC(=O)Cc1ccccc1. The minimum Gasteiger partial charge on any atom is -0.368 e. The lowest BCUT2D eigenvalue weighted by molar-refractivity contribution is -0.127. The molecule has 2 aromatic carbocycles. The Bertz CT molecular complexity index is 641. The smallest absolute Gasteiger partial charge is 0.240 e. The molecule has 0 fully saturated rings. The molecule has 0 aromatic heterocycles. The van der Waals surface area contributed by atoms with Crippen molar-refractivity contribution in [2.45, 2.75) is 18.9 Å². The molecule has 0 radical (unpaired) electrons. The van der Waals surface area contributed by atoms with Crippen LogP contribution in [0, 0.1) is 0 Å². The van der Waals surface area contributed by atoms with Crippen LogP contribution in [0.3, 0.4) is 0 Å². The predicted molar refractivity (Wildman–Crippen MR) is 86.4 cm³/mol. The number of benzene rings is 2. The van der Waals surface area contributed by atoms with Crippen molar-refractivity contribution in [2.75, 3.05) is 0 Å².